The average molecular weight is 443 g/mol. The Morgan fingerprint density at radius 1 is 1.31 bits per heavy atom. The highest BCUT2D eigenvalue weighted by Gasteiger charge is 2.70. The Morgan fingerprint density at radius 3 is 2.88 bits per heavy atom. The van der Waals surface area contributed by atoms with Crippen LogP contribution in [0.15, 0.2) is 30.0 Å². The van der Waals surface area contributed by atoms with Crippen molar-refractivity contribution in [2.24, 2.45) is 11.8 Å². The van der Waals surface area contributed by atoms with Crippen LogP contribution in [-0.4, -0.2) is 63.5 Å². The van der Waals surface area contributed by atoms with E-state index < -0.39 is 5.60 Å². The molecular weight excluding hydrogens is 408 g/mol. The minimum atomic E-state index is -0.407. The topological polar surface area (TPSA) is 69.3 Å². The molecular formula is C25H34N2O5. The fourth-order valence-corrected chi connectivity index (χ4v) is 7.10. The smallest absolute Gasteiger partial charge is 0.337 e. The number of rotatable bonds is 5. The summed E-state index contributed by atoms with van der Waals surface area (Å²) in [5, 5.41) is 3.93. The number of esters is 1. The lowest BCUT2D eigenvalue weighted by Gasteiger charge is -2.58. The molecule has 4 aliphatic rings. The number of hydrogen-bond donors (Lipinski definition) is 1. The van der Waals surface area contributed by atoms with Gasteiger partial charge in [0.1, 0.15) is 11.4 Å². The molecule has 7 nitrogen and oxygen atoms in total. The molecule has 0 spiro atoms. The van der Waals surface area contributed by atoms with Crippen LogP contribution in [0, 0.1) is 11.8 Å². The van der Waals surface area contributed by atoms with E-state index in [1.54, 1.807) is 20.5 Å². The molecule has 1 N–H and O–H groups in total. The molecule has 0 aliphatic carbocycles. The van der Waals surface area contributed by atoms with Crippen LogP contribution in [0.5, 0.6) is 5.75 Å². The van der Waals surface area contributed by atoms with E-state index in [4.69, 9.17) is 18.9 Å². The molecule has 0 aromatic heterocycles. The lowest BCUT2D eigenvalue weighted by atomic mass is 9.62. The predicted molar refractivity (Wildman–Crippen MR) is 121 cm³/mol. The first-order chi connectivity index (χ1) is 15.5. The van der Waals surface area contributed by atoms with Crippen LogP contribution < -0.4 is 10.1 Å². The van der Waals surface area contributed by atoms with Crippen molar-refractivity contribution in [3.8, 4) is 5.75 Å². The second-order valence-electron chi connectivity index (χ2n) is 9.48. The van der Waals surface area contributed by atoms with Crippen molar-refractivity contribution in [2.75, 3.05) is 46.3 Å². The summed E-state index contributed by atoms with van der Waals surface area (Å²) in [6.45, 7) is 4.85. The van der Waals surface area contributed by atoms with Gasteiger partial charge in [-0.1, -0.05) is 19.4 Å². The largest absolute Gasteiger partial charge is 0.504 e. The van der Waals surface area contributed by atoms with Crippen LogP contribution in [0.4, 0.5) is 5.69 Å². The Kier molecular flexibility index (Phi) is 5.37. The minimum Gasteiger partial charge on any atom is -0.504 e. The standard InChI is InChI=1S/C25H34N2O5/c1-5-16-14-27-11-9-25-22-19(7-6-8-20(22)30-3)26-24(25,10-12-32-25)21(27)13-17(16)18(15-29-2)23(28)31-4/h6-8,15-17,21,26H,5,9-14H2,1-4H3/b18-15+/t16-,17+,21+,24-,25+/m1/s1. The monoisotopic (exact) mass is 442 g/mol. The molecule has 5 atom stereocenters. The van der Waals surface area contributed by atoms with Crippen LogP contribution >= 0.6 is 0 Å². The molecule has 3 fully saturated rings. The van der Waals surface area contributed by atoms with E-state index in [1.165, 1.54) is 7.11 Å². The van der Waals surface area contributed by atoms with Crippen molar-refractivity contribution >= 4 is 11.7 Å². The van der Waals surface area contributed by atoms with Crippen molar-refractivity contribution < 1.29 is 23.7 Å². The molecule has 32 heavy (non-hydrogen) atoms. The number of methoxy groups -OCH3 is 3. The van der Waals surface area contributed by atoms with Gasteiger partial charge in [0.05, 0.1) is 50.9 Å². The highest BCUT2D eigenvalue weighted by Crippen LogP contribution is 2.63. The molecule has 0 radical (unpaired) electrons. The van der Waals surface area contributed by atoms with Crippen LogP contribution in [0.3, 0.4) is 0 Å². The van der Waals surface area contributed by atoms with Crippen molar-refractivity contribution in [3.05, 3.63) is 35.6 Å². The molecule has 1 aromatic rings. The number of nitrogens with zero attached hydrogens (tertiary/aromatic N) is 1. The molecule has 4 aliphatic heterocycles. The van der Waals surface area contributed by atoms with Gasteiger partial charge in [-0.25, -0.2) is 4.79 Å². The van der Waals surface area contributed by atoms with E-state index in [-0.39, 0.29) is 23.5 Å². The summed E-state index contributed by atoms with van der Waals surface area (Å²) in [7, 11) is 4.77. The van der Waals surface area contributed by atoms with E-state index in [9.17, 15) is 4.79 Å². The second kappa shape index (κ2) is 7.96. The van der Waals surface area contributed by atoms with E-state index in [1.807, 2.05) is 12.1 Å². The van der Waals surface area contributed by atoms with Gasteiger partial charge >= 0.3 is 5.97 Å². The van der Waals surface area contributed by atoms with Crippen LogP contribution in [0.25, 0.3) is 0 Å². The number of nitrogens with one attached hydrogen (secondary N) is 1. The Bertz CT molecular complexity index is 933. The summed E-state index contributed by atoms with van der Waals surface area (Å²) in [6.07, 6.45) is 5.31. The van der Waals surface area contributed by atoms with Crippen molar-refractivity contribution in [1.82, 2.24) is 4.90 Å². The summed E-state index contributed by atoms with van der Waals surface area (Å²) in [5.41, 5.74) is 2.26. The van der Waals surface area contributed by atoms with Gasteiger partial charge in [-0.15, -0.1) is 0 Å². The first-order valence-electron chi connectivity index (χ1n) is 11.7. The highest BCUT2D eigenvalue weighted by atomic mass is 16.5. The molecule has 0 amide bonds. The number of benzene rings is 1. The minimum absolute atomic E-state index is 0.0758. The fraction of sp³-hybridized carbons (Fsp3) is 0.640. The first kappa shape index (κ1) is 21.6. The number of fused-ring (bicyclic) bond motifs is 2. The van der Waals surface area contributed by atoms with Gasteiger partial charge in [0.25, 0.3) is 0 Å². The maximum absolute atomic E-state index is 12.7. The fourth-order valence-electron chi connectivity index (χ4n) is 7.10. The van der Waals surface area contributed by atoms with Gasteiger partial charge in [-0.2, -0.15) is 0 Å². The molecule has 174 valence electrons. The van der Waals surface area contributed by atoms with Gasteiger partial charge in [-0.05, 0) is 43.2 Å². The number of anilines is 1. The van der Waals surface area contributed by atoms with E-state index in [0.29, 0.717) is 18.1 Å². The first-order valence-corrected chi connectivity index (χ1v) is 11.7. The zero-order chi connectivity index (χ0) is 22.5. The van der Waals surface area contributed by atoms with Crippen molar-refractivity contribution in [3.63, 3.8) is 0 Å². The quantitative estimate of drug-likeness (QED) is 0.426. The van der Waals surface area contributed by atoms with Crippen molar-refractivity contribution in [2.45, 2.75) is 49.8 Å². The summed E-state index contributed by atoms with van der Waals surface area (Å²) >= 11 is 0. The van der Waals surface area contributed by atoms with Gasteiger partial charge in [0.15, 0.2) is 0 Å². The van der Waals surface area contributed by atoms with Crippen molar-refractivity contribution in [1.29, 1.82) is 0 Å². The third kappa shape index (κ3) is 2.76. The van der Waals surface area contributed by atoms with Crippen LogP contribution in [0.1, 0.15) is 38.2 Å². The van der Waals surface area contributed by atoms with Crippen LogP contribution in [-0.2, 0) is 24.6 Å². The third-order valence-electron chi connectivity index (χ3n) is 8.44. The number of piperidine rings is 2. The molecule has 4 heterocycles. The van der Waals surface area contributed by atoms with Gasteiger partial charge in [0, 0.05) is 24.8 Å². The van der Waals surface area contributed by atoms with E-state index in [2.05, 4.69) is 23.2 Å². The van der Waals surface area contributed by atoms with Crippen LogP contribution in [0.2, 0.25) is 0 Å². The summed E-state index contributed by atoms with van der Waals surface area (Å²) in [6, 6.07) is 6.44. The molecule has 1 aromatic carbocycles. The maximum atomic E-state index is 12.7. The molecule has 0 unspecified atom stereocenters. The van der Waals surface area contributed by atoms with Gasteiger partial charge in [0.2, 0.25) is 0 Å². The third-order valence-corrected chi connectivity index (χ3v) is 8.44. The lowest BCUT2D eigenvalue weighted by molar-refractivity contribution is -0.138. The Labute approximate surface area is 190 Å². The summed E-state index contributed by atoms with van der Waals surface area (Å²) in [4.78, 5) is 15.3. The number of ether oxygens (including phenoxy) is 4. The van der Waals surface area contributed by atoms with Gasteiger partial charge < -0.3 is 24.3 Å². The average Bonchev–Trinajstić information content (AvgIpc) is 3.34. The Hall–Kier alpha value is -2.25. The normalized spacial score (nSPS) is 35.8. The molecule has 0 saturated carbocycles. The highest BCUT2D eigenvalue weighted by molar-refractivity contribution is 5.88. The Morgan fingerprint density at radius 2 is 2.16 bits per heavy atom. The number of hydrogen-bond acceptors (Lipinski definition) is 7. The van der Waals surface area contributed by atoms with E-state index in [0.717, 1.165) is 55.8 Å². The summed E-state index contributed by atoms with van der Waals surface area (Å²) < 4.78 is 22.9. The molecule has 0 bridgehead atoms. The lowest BCUT2D eigenvalue weighted by Crippen LogP contribution is -2.70. The number of carbonyl (C=O) groups is 1. The predicted octanol–water partition coefficient (Wildman–Crippen LogP) is 3.30. The summed E-state index contributed by atoms with van der Waals surface area (Å²) in [5.74, 6) is 1.04. The maximum Gasteiger partial charge on any atom is 0.337 e. The molecule has 7 heteroatoms. The van der Waals surface area contributed by atoms with Gasteiger partial charge in [-0.3, -0.25) is 4.90 Å². The van der Waals surface area contributed by atoms with E-state index >= 15 is 0 Å². The molecule has 5 rings (SSSR count). The second-order valence-corrected chi connectivity index (χ2v) is 9.48. The molecule has 3 saturated heterocycles. The zero-order valence-corrected chi connectivity index (χ0v) is 19.5. The SMILES string of the molecule is CC[C@@H]1CN2CC[C@@]34OCC[C@@]3(Nc3cccc(OC)c34)[C@@H]2C[C@@H]1/C(=C\OC)C(=O)OC. The zero-order valence-electron chi connectivity index (χ0n) is 19.5. The Balaban J connectivity index is 1.58. The number of carbonyl (C=O) groups excluding carboxylic acids is 1.